The normalized spacial score (nSPS) is 14.2. The van der Waals surface area contributed by atoms with Crippen LogP contribution in [0, 0.1) is 0 Å². The third kappa shape index (κ3) is 3.55. The average molecular weight is 377 g/mol. The molecule has 1 amide bonds. The van der Waals surface area contributed by atoms with Crippen molar-refractivity contribution in [2.24, 2.45) is 7.05 Å². The summed E-state index contributed by atoms with van der Waals surface area (Å²) in [5, 5.41) is 4.45. The molecule has 3 heterocycles. The van der Waals surface area contributed by atoms with Gasteiger partial charge >= 0.3 is 0 Å². The number of hydrogen-bond donors (Lipinski definition) is 0. The van der Waals surface area contributed by atoms with E-state index in [1.807, 2.05) is 60.5 Å². The molecule has 0 unspecified atom stereocenters. The fourth-order valence-electron chi connectivity index (χ4n) is 3.45. The maximum absolute atomic E-state index is 12.9. The summed E-state index contributed by atoms with van der Waals surface area (Å²) in [7, 11) is 3.50. The molecule has 0 saturated carbocycles. The molecule has 28 heavy (non-hydrogen) atoms. The molecule has 1 aromatic carbocycles. The highest BCUT2D eigenvalue weighted by atomic mass is 16.5. The van der Waals surface area contributed by atoms with Gasteiger partial charge in [-0.3, -0.25) is 9.48 Å². The van der Waals surface area contributed by atoms with Crippen molar-refractivity contribution in [1.82, 2.24) is 19.7 Å². The molecule has 4 rings (SSSR count). The Balaban J connectivity index is 1.45. The highest BCUT2D eigenvalue weighted by Gasteiger charge is 2.25. The van der Waals surface area contributed by atoms with Gasteiger partial charge in [0.2, 0.25) is 0 Å². The number of carbonyl (C=O) groups is 1. The highest BCUT2D eigenvalue weighted by molar-refractivity contribution is 5.93. The van der Waals surface area contributed by atoms with E-state index in [4.69, 9.17) is 4.74 Å². The first-order chi connectivity index (χ1) is 13.7. The van der Waals surface area contributed by atoms with Crippen LogP contribution in [0.2, 0.25) is 0 Å². The molecule has 1 saturated heterocycles. The second kappa shape index (κ2) is 7.72. The Morgan fingerprint density at radius 1 is 1.04 bits per heavy atom. The molecule has 1 fully saturated rings. The van der Waals surface area contributed by atoms with Crippen LogP contribution in [-0.4, -0.2) is 58.9 Å². The lowest BCUT2D eigenvalue weighted by Gasteiger charge is -2.35. The lowest BCUT2D eigenvalue weighted by Crippen LogP contribution is -2.49. The second-order valence-corrected chi connectivity index (χ2v) is 6.73. The predicted molar refractivity (Wildman–Crippen MR) is 108 cm³/mol. The smallest absolute Gasteiger partial charge is 0.274 e. The molecule has 0 aliphatic carbocycles. The van der Waals surface area contributed by atoms with E-state index in [-0.39, 0.29) is 5.91 Å². The lowest BCUT2D eigenvalue weighted by molar-refractivity contribution is 0.0740. The summed E-state index contributed by atoms with van der Waals surface area (Å²) in [5.41, 5.74) is 2.37. The van der Waals surface area contributed by atoms with Gasteiger partial charge in [0.1, 0.15) is 11.6 Å². The highest BCUT2D eigenvalue weighted by Crippen LogP contribution is 2.23. The molecule has 1 aliphatic rings. The zero-order chi connectivity index (χ0) is 19.5. The van der Waals surface area contributed by atoms with Gasteiger partial charge in [0.25, 0.3) is 5.91 Å². The summed E-state index contributed by atoms with van der Waals surface area (Å²) >= 11 is 0. The monoisotopic (exact) mass is 377 g/mol. The van der Waals surface area contributed by atoms with Crippen LogP contribution in [0.15, 0.2) is 54.7 Å². The first kappa shape index (κ1) is 18.0. The van der Waals surface area contributed by atoms with Crippen LogP contribution < -0.4 is 9.64 Å². The van der Waals surface area contributed by atoms with Crippen molar-refractivity contribution < 1.29 is 9.53 Å². The Kier molecular flexibility index (Phi) is 4.97. The van der Waals surface area contributed by atoms with Gasteiger partial charge in [-0.25, -0.2) is 4.98 Å². The Bertz CT molecular complexity index is 945. The van der Waals surface area contributed by atoms with Gasteiger partial charge in [-0.05, 0) is 42.5 Å². The van der Waals surface area contributed by atoms with E-state index < -0.39 is 0 Å². The number of benzene rings is 1. The number of pyridine rings is 1. The standard InChI is InChI=1S/C21H23N5O2/c1-24-19(16-6-8-17(28-2)9-7-16)15-18(23-24)21(27)26-13-11-25(12-14-26)20-5-3-4-10-22-20/h3-10,15H,11-14H2,1-2H3. The average Bonchev–Trinajstić information content (AvgIpc) is 3.15. The van der Waals surface area contributed by atoms with Crippen molar-refractivity contribution in [3.63, 3.8) is 0 Å². The summed E-state index contributed by atoms with van der Waals surface area (Å²) < 4.78 is 6.96. The molecule has 0 N–H and O–H groups in total. The summed E-state index contributed by atoms with van der Waals surface area (Å²) in [6.07, 6.45) is 1.79. The van der Waals surface area contributed by atoms with E-state index in [1.54, 1.807) is 18.0 Å². The minimum Gasteiger partial charge on any atom is -0.497 e. The van der Waals surface area contributed by atoms with Crippen LogP contribution in [0.4, 0.5) is 5.82 Å². The summed E-state index contributed by atoms with van der Waals surface area (Å²) in [5.74, 6) is 1.72. The number of hydrogen-bond acceptors (Lipinski definition) is 5. The van der Waals surface area contributed by atoms with Gasteiger partial charge in [0, 0.05) is 45.0 Å². The minimum atomic E-state index is -0.0315. The molecule has 0 atom stereocenters. The summed E-state index contributed by atoms with van der Waals surface area (Å²) in [6.45, 7) is 2.84. The molecule has 7 heteroatoms. The van der Waals surface area contributed by atoms with E-state index in [0.29, 0.717) is 18.8 Å². The second-order valence-electron chi connectivity index (χ2n) is 6.73. The molecule has 0 spiro atoms. The lowest BCUT2D eigenvalue weighted by atomic mass is 10.1. The zero-order valence-corrected chi connectivity index (χ0v) is 16.1. The Morgan fingerprint density at radius 3 is 2.43 bits per heavy atom. The van der Waals surface area contributed by atoms with Gasteiger partial charge in [-0.1, -0.05) is 6.07 Å². The number of rotatable bonds is 4. The van der Waals surface area contributed by atoms with E-state index in [2.05, 4.69) is 15.0 Å². The first-order valence-corrected chi connectivity index (χ1v) is 9.29. The minimum absolute atomic E-state index is 0.0315. The molecular weight excluding hydrogens is 354 g/mol. The molecule has 0 bridgehead atoms. The van der Waals surface area contributed by atoms with E-state index >= 15 is 0 Å². The van der Waals surface area contributed by atoms with Crippen molar-refractivity contribution in [3.8, 4) is 17.0 Å². The zero-order valence-electron chi connectivity index (χ0n) is 16.1. The SMILES string of the molecule is COc1ccc(-c2cc(C(=O)N3CCN(c4ccccn4)CC3)nn2C)cc1. The van der Waals surface area contributed by atoms with Crippen molar-refractivity contribution in [2.45, 2.75) is 0 Å². The fourth-order valence-corrected chi connectivity index (χ4v) is 3.45. The number of anilines is 1. The number of amides is 1. The van der Waals surface area contributed by atoms with Crippen LogP contribution >= 0.6 is 0 Å². The van der Waals surface area contributed by atoms with Crippen LogP contribution in [0.1, 0.15) is 10.5 Å². The van der Waals surface area contributed by atoms with Gasteiger partial charge in [0.05, 0.1) is 12.8 Å². The Labute approximate surface area is 164 Å². The van der Waals surface area contributed by atoms with Crippen LogP contribution in [-0.2, 0) is 7.05 Å². The van der Waals surface area contributed by atoms with Crippen molar-refractivity contribution in [3.05, 3.63) is 60.4 Å². The van der Waals surface area contributed by atoms with E-state index in [1.165, 1.54) is 0 Å². The van der Waals surface area contributed by atoms with E-state index in [9.17, 15) is 4.79 Å². The van der Waals surface area contributed by atoms with Gasteiger partial charge < -0.3 is 14.5 Å². The molecule has 1 aliphatic heterocycles. The predicted octanol–water partition coefficient (Wildman–Crippen LogP) is 2.45. The van der Waals surface area contributed by atoms with Crippen molar-refractivity contribution >= 4 is 11.7 Å². The maximum Gasteiger partial charge on any atom is 0.274 e. The number of methoxy groups -OCH3 is 1. The number of piperazine rings is 1. The number of carbonyl (C=O) groups excluding carboxylic acids is 1. The topological polar surface area (TPSA) is 63.5 Å². The van der Waals surface area contributed by atoms with Gasteiger partial charge in [0.15, 0.2) is 5.69 Å². The van der Waals surface area contributed by atoms with Gasteiger partial charge in [-0.2, -0.15) is 5.10 Å². The number of aryl methyl sites for hydroxylation is 1. The molecule has 7 nitrogen and oxygen atoms in total. The van der Waals surface area contributed by atoms with Crippen LogP contribution in [0.3, 0.4) is 0 Å². The summed E-state index contributed by atoms with van der Waals surface area (Å²) in [6, 6.07) is 15.5. The van der Waals surface area contributed by atoms with Crippen molar-refractivity contribution in [2.75, 3.05) is 38.2 Å². The van der Waals surface area contributed by atoms with Gasteiger partial charge in [-0.15, -0.1) is 0 Å². The molecule has 3 aromatic rings. The quantitative estimate of drug-likeness (QED) is 0.699. The van der Waals surface area contributed by atoms with Crippen LogP contribution in [0.5, 0.6) is 5.75 Å². The third-order valence-electron chi connectivity index (χ3n) is 5.02. The summed E-state index contributed by atoms with van der Waals surface area (Å²) in [4.78, 5) is 21.4. The Morgan fingerprint density at radius 2 is 1.79 bits per heavy atom. The largest absolute Gasteiger partial charge is 0.497 e. The van der Waals surface area contributed by atoms with Crippen molar-refractivity contribution in [1.29, 1.82) is 0 Å². The molecule has 2 aromatic heterocycles. The fraction of sp³-hybridized carbons (Fsp3) is 0.286. The number of nitrogens with zero attached hydrogens (tertiary/aromatic N) is 5. The first-order valence-electron chi connectivity index (χ1n) is 9.29. The maximum atomic E-state index is 12.9. The van der Waals surface area contributed by atoms with E-state index in [0.717, 1.165) is 35.9 Å². The number of ether oxygens (including phenoxy) is 1. The van der Waals surface area contributed by atoms with Crippen LogP contribution in [0.25, 0.3) is 11.3 Å². The third-order valence-corrected chi connectivity index (χ3v) is 5.02. The molecular formula is C21H23N5O2. The molecule has 144 valence electrons. The molecule has 0 radical (unpaired) electrons. The Hall–Kier alpha value is -3.35. The number of aromatic nitrogens is 3.